The normalized spacial score (nSPS) is 14.9. The number of sulfonamides is 1. The molecule has 2 N–H and O–H groups in total. The second-order valence-corrected chi connectivity index (χ2v) is 8.55. The van der Waals surface area contributed by atoms with E-state index in [2.05, 4.69) is 34.8 Å². The van der Waals surface area contributed by atoms with Crippen molar-refractivity contribution in [1.82, 2.24) is 24.9 Å². The van der Waals surface area contributed by atoms with Crippen LogP contribution in [0.3, 0.4) is 0 Å². The zero-order valence-electron chi connectivity index (χ0n) is 16.9. The van der Waals surface area contributed by atoms with Crippen LogP contribution in [0.5, 0.6) is 0 Å². The molecule has 2 aromatic rings. The van der Waals surface area contributed by atoms with Gasteiger partial charge in [-0.3, -0.25) is 4.99 Å². The van der Waals surface area contributed by atoms with Crippen molar-refractivity contribution < 1.29 is 8.42 Å². The van der Waals surface area contributed by atoms with Crippen LogP contribution in [-0.4, -0.2) is 74.8 Å². The van der Waals surface area contributed by atoms with Gasteiger partial charge >= 0.3 is 0 Å². The molecule has 9 nitrogen and oxygen atoms in total. The molecule has 3 rings (SSSR count). The first-order valence-corrected chi connectivity index (χ1v) is 11.2. The molecular weight excluding hydrogens is 517 g/mol. The Morgan fingerprint density at radius 3 is 2.37 bits per heavy atom. The Kier molecular flexibility index (Phi) is 9.72. The molecule has 30 heavy (non-hydrogen) atoms. The Labute approximate surface area is 195 Å². The maximum atomic E-state index is 12.2. The van der Waals surface area contributed by atoms with Gasteiger partial charge in [0.05, 0.1) is 5.75 Å². The van der Waals surface area contributed by atoms with Crippen LogP contribution in [0.4, 0.5) is 5.95 Å². The first-order chi connectivity index (χ1) is 14.1. The monoisotopic (exact) mass is 545 g/mol. The SMILES string of the molecule is CN=C(NCCS(=O)(=O)NCc1ccccc1)N1CCN(c2ncccn2)CC1.I. The third-order valence-corrected chi connectivity index (χ3v) is 5.94. The highest BCUT2D eigenvalue weighted by atomic mass is 127. The number of hydrogen-bond acceptors (Lipinski definition) is 6. The van der Waals surface area contributed by atoms with Crippen LogP contribution in [0.15, 0.2) is 53.8 Å². The van der Waals surface area contributed by atoms with E-state index >= 15 is 0 Å². The molecule has 0 atom stereocenters. The van der Waals surface area contributed by atoms with Gasteiger partial charge in [0.1, 0.15) is 0 Å². The summed E-state index contributed by atoms with van der Waals surface area (Å²) in [5.74, 6) is 1.42. The second-order valence-electron chi connectivity index (χ2n) is 6.62. The van der Waals surface area contributed by atoms with E-state index in [9.17, 15) is 8.42 Å². The molecule has 0 amide bonds. The molecule has 0 bridgehead atoms. The topological polar surface area (TPSA) is 103 Å². The summed E-state index contributed by atoms with van der Waals surface area (Å²) >= 11 is 0. The van der Waals surface area contributed by atoms with Crippen LogP contribution < -0.4 is 14.9 Å². The lowest BCUT2D eigenvalue weighted by Gasteiger charge is -2.36. The molecule has 0 radical (unpaired) electrons. The highest BCUT2D eigenvalue weighted by molar-refractivity contribution is 14.0. The van der Waals surface area contributed by atoms with E-state index in [1.807, 2.05) is 30.3 Å². The van der Waals surface area contributed by atoms with Gasteiger partial charge in [-0.1, -0.05) is 30.3 Å². The predicted octanol–water partition coefficient (Wildman–Crippen LogP) is 0.912. The van der Waals surface area contributed by atoms with Crippen molar-refractivity contribution >= 4 is 45.9 Å². The first-order valence-electron chi connectivity index (χ1n) is 9.56. The number of rotatable bonds is 7. The van der Waals surface area contributed by atoms with Gasteiger partial charge in [0.2, 0.25) is 16.0 Å². The van der Waals surface area contributed by atoms with Crippen molar-refractivity contribution in [3.63, 3.8) is 0 Å². The van der Waals surface area contributed by atoms with Crippen molar-refractivity contribution in [3.05, 3.63) is 54.4 Å². The van der Waals surface area contributed by atoms with Gasteiger partial charge in [0.25, 0.3) is 0 Å². The second kappa shape index (κ2) is 12.0. The number of hydrogen-bond donors (Lipinski definition) is 2. The summed E-state index contributed by atoms with van der Waals surface area (Å²) in [6.45, 7) is 3.66. The van der Waals surface area contributed by atoms with Gasteiger partial charge < -0.3 is 15.1 Å². The summed E-state index contributed by atoms with van der Waals surface area (Å²) in [5.41, 5.74) is 0.931. The summed E-state index contributed by atoms with van der Waals surface area (Å²) in [6.07, 6.45) is 3.48. The van der Waals surface area contributed by atoms with Crippen LogP contribution in [-0.2, 0) is 16.6 Å². The molecule has 1 aromatic carbocycles. The van der Waals surface area contributed by atoms with E-state index in [1.165, 1.54) is 0 Å². The quantitative estimate of drug-likeness (QED) is 0.303. The molecule has 0 unspecified atom stereocenters. The van der Waals surface area contributed by atoms with Gasteiger partial charge in [-0.2, -0.15) is 0 Å². The first kappa shape index (κ1) is 24.3. The zero-order valence-corrected chi connectivity index (χ0v) is 20.1. The number of nitrogens with one attached hydrogen (secondary N) is 2. The van der Waals surface area contributed by atoms with Crippen molar-refractivity contribution in [1.29, 1.82) is 0 Å². The predicted molar refractivity (Wildman–Crippen MR) is 130 cm³/mol. The van der Waals surface area contributed by atoms with Crippen molar-refractivity contribution in [2.45, 2.75) is 6.54 Å². The summed E-state index contributed by atoms with van der Waals surface area (Å²) in [5, 5.41) is 3.16. The molecule has 1 fully saturated rings. The summed E-state index contributed by atoms with van der Waals surface area (Å²) < 4.78 is 27.1. The number of halogens is 1. The lowest BCUT2D eigenvalue weighted by molar-refractivity contribution is 0.371. The number of piperazine rings is 1. The molecule has 2 heterocycles. The van der Waals surface area contributed by atoms with Gasteiger partial charge in [-0.15, -0.1) is 24.0 Å². The molecular formula is C19H28IN7O2S. The van der Waals surface area contributed by atoms with Crippen LogP contribution in [0.2, 0.25) is 0 Å². The molecule has 164 valence electrons. The summed E-state index contributed by atoms with van der Waals surface area (Å²) in [6, 6.07) is 11.3. The van der Waals surface area contributed by atoms with Crippen LogP contribution in [0, 0.1) is 0 Å². The number of nitrogens with zero attached hydrogens (tertiary/aromatic N) is 5. The van der Waals surface area contributed by atoms with E-state index in [0.29, 0.717) is 19.0 Å². The molecule has 1 saturated heterocycles. The maximum Gasteiger partial charge on any atom is 0.225 e. The molecule has 11 heteroatoms. The smallest absolute Gasteiger partial charge is 0.225 e. The van der Waals surface area contributed by atoms with Crippen LogP contribution in [0.1, 0.15) is 5.56 Å². The standard InChI is InChI=1S/C19H27N7O2S.HI/c1-20-18(25-11-13-26(14-12-25)19-21-8-5-9-22-19)23-10-15-29(27,28)24-16-17-6-3-2-4-7-17;/h2-9,24H,10-16H2,1H3,(H,20,23);1H. The third kappa shape index (κ3) is 7.36. The fourth-order valence-electron chi connectivity index (χ4n) is 3.06. The number of aliphatic imine (C=N–C) groups is 1. The van der Waals surface area contributed by atoms with Gasteiger partial charge in [-0.05, 0) is 11.6 Å². The highest BCUT2D eigenvalue weighted by Crippen LogP contribution is 2.09. The fraction of sp³-hybridized carbons (Fsp3) is 0.421. The van der Waals surface area contributed by atoms with E-state index in [-0.39, 0.29) is 29.7 Å². The van der Waals surface area contributed by atoms with Crippen molar-refractivity contribution in [2.75, 3.05) is 50.4 Å². The van der Waals surface area contributed by atoms with Crippen molar-refractivity contribution in [2.24, 2.45) is 4.99 Å². The number of guanidine groups is 1. The zero-order chi connectivity index (χ0) is 20.5. The minimum absolute atomic E-state index is 0. The minimum Gasteiger partial charge on any atom is -0.355 e. The Bertz CT molecular complexity index is 890. The average Bonchev–Trinajstić information content (AvgIpc) is 2.77. The minimum atomic E-state index is -3.37. The molecule has 0 aliphatic carbocycles. The Hall–Kier alpha value is -1.99. The number of aromatic nitrogens is 2. The van der Waals surface area contributed by atoms with Crippen molar-refractivity contribution in [3.8, 4) is 0 Å². The molecule has 0 saturated carbocycles. The largest absolute Gasteiger partial charge is 0.355 e. The average molecular weight is 545 g/mol. The van der Waals surface area contributed by atoms with Gasteiger partial charge in [0.15, 0.2) is 5.96 Å². The summed E-state index contributed by atoms with van der Waals surface area (Å²) in [4.78, 5) is 17.1. The molecule has 0 spiro atoms. The molecule has 1 aliphatic heterocycles. The Morgan fingerprint density at radius 2 is 1.73 bits per heavy atom. The number of benzene rings is 1. The Morgan fingerprint density at radius 1 is 1.07 bits per heavy atom. The third-order valence-electron chi connectivity index (χ3n) is 4.62. The molecule has 1 aliphatic rings. The lowest BCUT2D eigenvalue weighted by Crippen LogP contribution is -2.53. The highest BCUT2D eigenvalue weighted by Gasteiger charge is 2.21. The lowest BCUT2D eigenvalue weighted by atomic mass is 10.2. The summed E-state index contributed by atoms with van der Waals surface area (Å²) in [7, 11) is -1.66. The maximum absolute atomic E-state index is 12.2. The Balaban J connectivity index is 0.00000320. The van der Waals surface area contributed by atoms with Crippen LogP contribution >= 0.6 is 24.0 Å². The van der Waals surface area contributed by atoms with Gasteiger partial charge in [0, 0.05) is 58.7 Å². The van der Waals surface area contributed by atoms with E-state index in [4.69, 9.17) is 0 Å². The number of anilines is 1. The van der Waals surface area contributed by atoms with E-state index in [0.717, 1.165) is 37.7 Å². The van der Waals surface area contributed by atoms with E-state index < -0.39 is 10.0 Å². The van der Waals surface area contributed by atoms with Gasteiger partial charge in [-0.25, -0.2) is 23.1 Å². The fourth-order valence-corrected chi connectivity index (χ4v) is 3.97. The molecule has 1 aromatic heterocycles. The van der Waals surface area contributed by atoms with E-state index in [1.54, 1.807) is 25.5 Å². The van der Waals surface area contributed by atoms with Crippen LogP contribution in [0.25, 0.3) is 0 Å².